The molecule has 0 saturated carbocycles. The number of fused-ring (bicyclic) bond motifs is 1. The number of hydrogen-bond acceptors (Lipinski definition) is 4. The van der Waals surface area contributed by atoms with Gasteiger partial charge in [0.2, 0.25) is 5.95 Å². The van der Waals surface area contributed by atoms with Gasteiger partial charge in [-0.25, -0.2) is 9.37 Å². The third-order valence-electron chi connectivity index (χ3n) is 6.24. The number of carbonyl (C=O) groups excluding carboxylic acids is 2. The molecular formula is C28H24FN3O3. The van der Waals surface area contributed by atoms with Crippen molar-refractivity contribution in [3.8, 4) is 0 Å². The fourth-order valence-electron chi connectivity index (χ4n) is 4.37. The van der Waals surface area contributed by atoms with Gasteiger partial charge < -0.3 is 10.1 Å². The quantitative estimate of drug-likeness (QED) is 0.231. The highest BCUT2D eigenvalue weighted by Gasteiger charge is 2.48. The van der Waals surface area contributed by atoms with Crippen LogP contribution in [0.25, 0.3) is 16.8 Å². The number of ketones is 1. The van der Waals surface area contributed by atoms with Crippen LogP contribution in [0.4, 0.5) is 10.3 Å². The van der Waals surface area contributed by atoms with Gasteiger partial charge in [0.05, 0.1) is 22.6 Å². The van der Waals surface area contributed by atoms with E-state index < -0.39 is 23.5 Å². The van der Waals surface area contributed by atoms with Crippen LogP contribution in [0.3, 0.4) is 0 Å². The number of hydrogen-bond donors (Lipinski definition) is 2. The van der Waals surface area contributed by atoms with Crippen LogP contribution in [-0.4, -0.2) is 26.8 Å². The molecule has 5 rings (SSSR count). The van der Waals surface area contributed by atoms with E-state index in [-0.39, 0.29) is 22.7 Å². The summed E-state index contributed by atoms with van der Waals surface area (Å²) in [6.45, 7) is 6.28. The summed E-state index contributed by atoms with van der Waals surface area (Å²) < 4.78 is 13.8. The van der Waals surface area contributed by atoms with Gasteiger partial charge in [0, 0.05) is 5.56 Å². The van der Waals surface area contributed by atoms with Crippen molar-refractivity contribution in [3.63, 3.8) is 0 Å². The van der Waals surface area contributed by atoms with Crippen LogP contribution in [0.15, 0.2) is 78.4 Å². The van der Waals surface area contributed by atoms with Crippen molar-refractivity contribution in [2.45, 2.75) is 32.2 Å². The fourth-order valence-corrected chi connectivity index (χ4v) is 4.37. The zero-order valence-corrected chi connectivity index (χ0v) is 19.5. The van der Waals surface area contributed by atoms with E-state index in [9.17, 15) is 19.1 Å². The summed E-state index contributed by atoms with van der Waals surface area (Å²) in [5, 5.41) is 11.2. The van der Waals surface area contributed by atoms with Crippen LogP contribution in [0.2, 0.25) is 0 Å². The van der Waals surface area contributed by atoms with Crippen molar-refractivity contribution in [1.29, 1.82) is 0 Å². The van der Waals surface area contributed by atoms with Gasteiger partial charge in [0.25, 0.3) is 5.78 Å². The van der Waals surface area contributed by atoms with Crippen molar-refractivity contribution >= 4 is 34.4 Å². The number of imidazole rings is 1. The second-order valence-corrected chi connectivity index (χ2v) is 9.63. The van der Waals surface area contributed by atoms with Crippen LogP contribution in [0, 0.1) is 5.82 Å². The molecule has 1 saturated heterocycles. The molecule has 2 heterocycles. The maximum absolute atomic E-state index is 13.8. The molecule has 1 fully saturated rings. The molecule has 1 atom stereocenters. The molecule has 176 valence electrons. The first kappa shape index (κ1) is 22.5. The summed E-state index contributed by atoms with van der Waals surface area (Å²) in [5.74, 6) is -2.26. The molecule has 1 aliphatic heterocycles. The lowest BCUT2D eigenvalue weighted by molar-refractivity contribution is -0.132. The van der Waals surface area contributed by atoms with E-state index in [0.717, 1.165) is 5.56 Å². The Morgan fingerprint density at radius 2 is 1.69 bits per heavy atom. The molecule has 1 amide bonds. The summed E-state index contributed by atoms with van der Waals surface area (Å²) in [4.78, 5) is 35.2. The van der Waals surface area contributed by atoms with Crippen molar-refractivity contribution in [1.82, 2.24) is 9.97 Å². The van der Waals surface area contributed by atoms with Gasteiger partial charge >= 0.3 is 5.91 Å². The molecule has 0 spiro atoms. The number of amides is 1. The van der Waals surface area contributed by atoms with E-state index in [4.69, 9.17) is 0 Å². The minimum Gasteiger partial charge on any atom is -0.507 e. The summed E-state index contributed by atoms with van der Waals surface area (Å²) in [6.07, 6.45) is 0. The van der Waals surface area contributed by atoms with Gasteiger partial charge in [0.15, 0.2) is 0 Å². The van der Waals surface area contributed by atoms with Crippen LogP contribution >= 0.6 is 0 Å². The van der Waals surface area contributed by atoms with Crippen molar-refractivity contribution in [2.24, 2.45) is 0 Å². The normalized spacial score (nSPS) is 17.9. The number of halogens is 1. The second kappa shape index (κ2) is 8.20. The lowest BCUT2D eigenvalue weighted by Crippen LogP contribution is -2.30. The van der Waals surface area contributed by atoms with Gasteiger partial charge in [-0.05, 0) is 34.7 Å². The number of aromatic nitrogens is 2. The van der Waals surface area contributed by atoms with Crippen LogP contribution in [0.1, 0.15) is 43.5 Å². The maximum atomic E-state index is 13.8. The Kier molecular flexibility index (Phi) is 5.28. The van der Waals surface area contributed by atoms with Gasteiger partial charge in [0.1, 0.15) is 11.6 Å². The first-order valence-electron chi connectivity index (χ1n) is 11.3. The third-order valence-corrected chi connectivity index (χ3v) is 6.24. The Morgan fingerprint density at radius 1 is 1.00 bits per heavy atom. The molecule has 3 aromatic carbocycles. The van der Waals surface area contributed by atoms with E-state index in [0.29, 0.717) is 22.2 Å². The minimum atomic E-state index is -0.922. The molecule has 0 bridgehead atoms. The molecule has 2 N–H and O–H groups in total. The Hall–Kier alpha value is -4.26. The van der Waals surface area contributed by atoms with Crippen molar-refractivity contribution in [2.75, 3.05) is 4.90 Å². The van der Waals surface area contributed by atoms with E-state index in [1.807, 2.05) is 24.3 Å². The third kappa shape index (κ3) is 3.89. The first-order valence-corrected chi connectivity index (χ1v) is 11.3. The molecule has 6 nitrogen and oxygen atoms in total. The highest BCUT2D eigenvalue weighted by atomic mass is 19.1. The van der Waals surface area contributed by atoms with Gasteiger partial charge in [-0.3, -0.25) is 14.5 Å². The number of aromatic amines is 1. The Labute approximate surface area is 201 Å². The molecule has 0 radical (unpaired) electrons. The molecule has 1 unspecified atom stereocenters. The fraction of sp³-hybridized carbons (Fsp3) is 0.179. The number of rotatable bonds is 3. The van der Waals surface area contributed by atoms with E-state index in [1.165, 1.54) is 23.1 Å². The zero-order valence-electron chi connectivity index (χ0n) is 19.5. The smallest absolute Gasteiger partial charge is 0.302 e. The largest absolute Gasteiger partial charge is 0.507 e. The average Bonchev–Trinajstić information content (AvgIpc) is 3.36. The molecule has 4 aromatic rings. The number of aliphatic hydroxyl groups excluding tert-OH is 1. The Bertz CT molecular complexity index is 1480. The number of Topliss-reactive ketones (excluding diaryl/α,β-unsaturated/α-hetero) is 1. The lowest BCUT2D eigenvalue weighted by atomic mass is 9.85. The average molecular weight is 470 g/mol. The van der Waals surface area contributed by atoms with E-state index in [1.54, 1.807) is 30.3 Å². The maximum Gasteiger partial charge on any atom is 0.302 e. The number of carbonyl (C=O) groups is 2. The van der Waals surface area contributed by atoms with E-state index >= 15 is 0 Å². The van der Waals surface area contributed by atoms with Crippen LogP contribution in [-0.2, 0) is 15.0 Å². The number of nitrogens with zero attached hydrogens (tertiary/aromatic N) is 2. The van der Waals surface area contributed by atoms with Crippen LogP contribution < -0.4 is 4.90 Å². The molecule has 0 aliphatic carbocycles. The monoisotopic (exact) mass is 469 g/mol. The number of anilines is 1. The Morgan fingerprint density at radius 3 is 2.34 bits per heavy atom. The number of benzene rings is 3. The van der Waals surface area contributed by atoms with Gasteiger partial charge in [-0.2, -0.15) is 0 Å². The van der Waals surface area contributed by atoms with E-state index in [2.05, 4.69) is 30.7 Å². The lowest BCUT2D eigenvalue weighted by Gasteiger charge is -2.24. The number of H-pyrrole nitrogens is 1. The predicted molar refractivity (Wildman–Crippen MR) is 132 cm³/mol. The Balaban J connectivity index is 1.72. The first-order chi connectivity index (χ1) is 16.6. The molecule has 1 aliphatic rings. The highest BCUT2D eigenvalue weighted by Crippen LogP contribution is 2.42. The summed E-state index contributed by atoms with van der Waals surface area (Å²) in [7, 11) is 0. The van der Waals surface area contributed by atoms with Gasteiger partial charge in [-0.1, -0.05) is 75.4 Å². The summed E-state index contributed by atoms with van der Waals surface area (Å²) in [5.41, 5.74) is 2.87. The topological polar surface area (TPSA) is 86.3 Å². The SMILES string of the molecule is CC(C)(C)c1ccc(C2/C(=C(\O)c3ccccc3)C(=O)C(=O)N2c2nc3ccc(F)cc3[nH]2)cc1. The number of aliphatic hydroxyl groups is 1. The van der Waals surface area contributed by atoms with Crippen molar-refractivity contribution < 1.29 is 19.1 Å². The van der Waals surface area contributed by atoms with Crippen molar-refractivity contribution in [3.05, 3.63) is 101 Å². The number of nitrogens with one attached hydrogen (secondary N) is 1. The molecule has 1 aromatic heterocycles. The minimum absolute atomic E-state index is 0.0312. The summed E-state index contributed by atoms with van der Waals surface area (Å²) in [6, 6.07) is 19.4. The van der Waals surface area contributed by atoms with Crippen LogP contribution in [0.5, 0.6) is 0 Å². The second-order valence-electron chi connectivity index (χ2n) is 9.63. The predicted octanol–water partition coefficient (Wildman–Crippen LogP) is 5.63. The van der Waals surface area contributed by atoms with Gasteiger partial charge in [-0.15, -0.1) is 0 Å². The zero-order chi connectivity index (χ0) is 24.9. The standard InChI is InChI=1S/C28H24FN3O3/c1-28(2,3)18-11-9-16(10-12-18)23-22(24(33)17-7-5-4-6-8-17)25(34)26(35)32(23)27-30-20-14-13-19(29)15-21(20)31-27/h4-15,23,33H,1-3H3,(H,30,31)/b24-22+. The highest BCUT2D eigenvalue weighted by molar-refractivity contribution is 6.51. The summed E-state index contributed by atoms with van der Waals surface area (Å²) >= 11 is 0. The molecule has 7 heteroatoms. The molecular weight excluding hydrogens is 445 g/mol. The molecule has 35 heavy (non-hydrogen) atoms.